The van der Waals surface area contributed by atoms with Crippen molar-refractivity contribution in [3.63, 3.8) is 0 Å². The summed E-state index contributed by atoms with van der Waals surface area (Å²) in [4.78, 5) is 17.2. The molecule has 28 heavy (non-hydrogen) atoms. The summed E-state index contributed by atoms with van der Waals surface area (Å²) in [6.45, 7) is 8.91. The van der Waals surface area contributed by atoms with Crippen LogP contribution in [0, 0.1) is 0 Å². The van der Waals surface area contributed by atoms with E-state index < -0.39 is 6.10 Å². The summed E-state index contributed by atoms with van der Waals surface area (Å²) >= 11 is 0. The highest BCUT2D eigenvalue weighted by atomic mass is 16.5. The SMILES string of the molecule is C[C@@H](Oc1ccccc1)C(=O)NCCCN1CCN(Cc2ccccc2)CC1. The number of carbonyl (C=O) groups excluding carboxylic acids is 1. The fourth-order valence-electron chi connectivity index (χ4n) is 3.43. The third-order valence-corrected chi connectivity index (χ3v) is 5.09. The van der Waals surface area contributed by atoms with Crippen LogP contribution in [0.5, 0.6) is 5.75 Å². The molecule has 3 rings (SSSR count). The maximum Gasteiger partial charge on any atom is 0.260 e. The van der Waals surface area contributed by atoms with Crippen LogP contribution in [0.3, 0.4) is 0 Å². The molecule has 0 spiro atoms. The summed E-state index contributed by atoms with van der Waals surface area (Å²) in [5, 5.41) is 2.98. The van der Waals surface area contributed by atoms with Crippen LogP contribution in [0.15, 0.2) is 60.7 Å². The third-order valence-electron chi connectivity index (χ3n) is 5.09. The van der Waals surface area contributed by atoms with E-state index in [0.717, 1.165) is 51.4 Å². The van der Waals surface area contributed by atoms with Crippen LogP contribution in [0.4, 0.5) is 0 Å². The Kier molecular flexibility index (Phi) is 7.88. The van der Waals surface area contributed by atoms with Gasteiger partial charge in [0, 0.05) is 39.3 Å². The van der Waals surface area contributed by atoms with E-state index in [-0.39, 0.29) is 5.91 Å². The molecule has 1 aliphatic heterocycles. The summed E-state index contributed by atoms with van der Waals surface area (Å²) in [5.74, 6) is 0.662. The molecule has 1 aliphatic rings. The number of ether oxygens (including phenoxy) is 1. The standard InChI is InChI=1S/C23H31N3O2/c1-20(28-22-11-6-3-7-12-22)23(27)24-13-8-14-25-15-17-26(18-16-25)19-21-9-4-2-5-10-21/h2-7,9-12,20H,8,13-19H2,1H3,(H,24,27)/t20-/m1/s1. The molecule has 1 fully saturated rings. The van der Waals surface area contributed by atoms with Gasteiger partial charge >= 0.3 is 0 Å². The number of hydrogen-bond acceptors (Lipinski definition) is 4. The number of nitrogens with one attached hydrogen (secondary N) is 1. The predicted octanol–water partition coefficient (Wildman–Crippen LogP) is 2.78. The molecule has 2 aromatic carbocycles. The Morgan fingerprint density at radius 2 is 1.57 bits per heavy atom. The predicted molar refractivity (Wildman–Crippen MR) is 112 cm³/mol. The lowest BCUT2D eigenvalue weighted by Crippen LogP contribution is -2.46. The third kappa shape index (κ3) is 6.66. The van der Waals surface area contributed by atoms with E-state index in [1.165, 1.54) is 5.56 Å². The van der Waals surface area contributed by atoms with Gasteiger partial charge in [-0.3, -0.25) is 9.69 Å². The summed E-state index contributed by atoms with van der Waals surface area (Å²) in [6, 6.07) is 20.1. The van der Waals surface area contributed by atoms with Crippen molar-refractivity contribution < 1.29 is 9.53 Å². The fraction of sp³-hybridized carbons (Fsp3) is 0.435. The zero-order chi connectivity index (χ0) is 19.6. The lowest BCUT2D eigenvalue weighted by molar-refractivity contribution is -0.127. The van der Waals surface area contributed by atoms with Crippen molar-refractivity contribution in [2.24, 2.45) is 0 Å². The van der Waals surface area contributed by atoms with Gasteiger partial charge in [-0.1, -0.05) is 48.5 Å². The van der Waals surface area contributed by atoms with Crippen LogP contribution in [0.2, 0.25) is 0 Å². The Hall–Kier alpha value is -2.37. The molecule has 0 unspecified atom stereocenters. The summed E-state index contributed by atoms with van der Waals surface area (Å²) in [7, 11) is 0. The van der Waals surface area contributed by atoms with Crippen molar-refractivity contribution >= 4 is 5.91 Å². The van der Waals surface area contributed by atoms with Crippen molar-refractivity contribution in [1.82, 2.24) is 15.1 Å². The van der Waals surface area contributed by atoms with Crippen LogP contribution >= 0.6 is 0 Å². The first-order valence-corrected chi connectivity index (χ1v) is 10.2. The lowest BCUT2D eigenvalue weighted by Gasteiger charge is -2.34. The number of piperazine rings is 1. The van der Waals surface area contributed by atoms with Crippen LogP contribution in [0.25, 0.3) is 0 Å². The van der Waals surface area contributed by atoms with Crippen molar-refractivity contribution in [1.29, 1.82) is 0 Å². The van der Waals surface area contributed by atoms with Crippen LogP contribution in [-0.2, 0) is 11.3 Å². The van der Waals surface area contributed by atoms with Crippen LogP contribution in [-0.4, -0.2) is 61.1 Å². The second-order valence-electron chi connectivity index (χ2n) is 7.32. The highest BCUT2D eigenvalue weighted by molar-refractivity contribution is 5.80. The number of carbonyl (C=O) groups is 1. The first-order valence-electron chi connectivity index (χ1n) is 10.2. The highest BCUT2D eigenvalue weighted by Crippen LogP contribution is 2.11. The fourth-order valence-corrected chi connectivity index (χ4v) is 3.43. The number of para-hydroxylation sites is 1. The molecule has 1 amide bonds. The number of hydrogen-bond donors (Lipinski definition) is 1. The molecule has 1 N–H and O–H groups in total. The van der Waals surface area contributed by atoms with Gasteiger partial charge in [-0.2, -0.15) is 0 Å². The van der Waals surface area contributed by atoms with Gasteiger partial charge in [-0.15, -0.1) is 0 Å². The van der Waals surface area contributed by atoms with Crippen molar-refractivity contribution in [2.75, 3.05) is 39.3 Å². The average Bonchev–Trinajstić information content (AvgIpc) is 2.73. The molecule has 0 aliphatic carbocycles. The average molecular weight is 382 g/mol. The Balaban J connectivity index is 1.27. The van der Waals surface area contributed by atoms with E-state index in [1.54, 1.807) is 6.92 Å². The van der Waals surface area contributed by atoms with E-state index in [0.29, 0.717) is 6.54 Å². The summed E-state index contributed by atoms with van der Waals surface area (Å²) in [6.07, 6.45) is 0.478. The largest absolute Gasteiger partial charge is 0.481 e. The van der Waals surface area contributed by atoms with Gasteiger partial charge < -0.3 is 15.0 Å². The van der Waals surface area contributed by atoms with Crippen LogP contribution in [0.1, 0.15) is 18.9 Å². The van der Waals surface area contributed by atoms with Gasteiger partial charge in [0.15, 0.2) is 6.10 Å². The zero-order valence-corrected chi connectivity index (χ0v) is 16.7. The molecule has 1 atom stereocenters. The Morgan fingerprint density at radius 3 is 2.25 bits per heavy atom. The summed E-state index contributed by atoms with van der Waals surface area (Å²) < 4.78 is 5.66. The molecule has 5 heteroatoms. The molecular weight excluding hydrogens is 350 g/mol. The molecular formula is C23H31N3O2. The molecule has 1 saturated heterocycles. The van der Waals surface area contributed by atoms with Gasteiger partial charge in [0.1, 0.15) is 5.75 Å². The summed E-state index contributed by atoms with van der Waals surface area (Å²) in [5.41, 5.74) is 1.38. The first kappa shape index (κ1) is 20.4. The van der Waals surface area contributed by atoms with Gasteiger partial charge in [0.2, 0.25) is 0 Å². The van der Waals surface area contributed by atoms with Crippen molar-refractivity contribution in [3.05, 3.63) is 66.2 Å². The second-order valence-corrected chi connectivity index (χ2v) is 7.32. The van der Waals surface area contributed by atoms with Crippen molar-refractivity contribution in [2.45, 2.75) is 26.0 Å². The molecule has 5 nitrogen and oxygen atoms in total. The molecule has 0 saturated carbocycles. The van der Waals surface area contributed by atoms with Gasteiger partial charge in [-0.05, 0) is 37.6 Å². The number of nitrogens with zero attached hydrogens (tertiary/aromatic N) is 2. The van der Waals surface area contributed by atoms with E-state index in [4.69, 9.17) is 4.74 Å². The van der Waals surface area contributed by atoms with E-state index in [9.17, 15) is 4.79 Å². The minimum absolute atomic E-state index is 0.0588. The van der Waals surface area contributed by atoms with Gasteiger partial charge in [0.25, 0.3) is 5.91 Å². The Morgan fingerprint density at radius 1 is 0.964 bits per heavy atom. The minimum Gasteiger partial charge on any atom is -0.481 e. The molecule has 150 valence electrons. The molecule has 0 aromatic heterocycles. The molecule has 1 heterocycles. The molecule has 0 radical (unpaired) electrons. The van der Waals surface area contributed by atoms with Crippen LogP contribution < -0.4 is 10.1 Å². The van der Waals surface area contributed by atoms with Crippen molar-refractivity contribution in [3.8, 4) is 5.75 Å². The topological polar surface area (TPSA) is 44.8 Å². The maximum atomic E-state index is 12.2. The number of benzene rings is 2. The monoisotopic (exact) mass is 381 g/mol. The van der Waals surface area contributed by atoms with E-state index in [1.807, 2.05) is 30.3 Å². The Bertz CT molecular complexity index is 700. The zero-order valence-electron chi connectivity index (χ0n) is 16.7. The second kappa shape index (κ2) is 10.8. The van der Waals surface area contributed by atoms with E-state index >= 15 is 0 Å². The minimum atomic E-state index is -0.482. The lowest BCUT2D eigenvalue weighted by atomic mass is 10.2. The Labute approximate surface area is 168 Å². The van der Waals surface area contributed by atoms with Gasteiger partial charge in [0.05, 0.1) is 0 Å². The number of amides is 1. The first-order chi connectivity index (χ1) is 13.7. The molecule has 0 bridgehead atoms. The maximum absolute atomic E-state index is 12.2. The molecule has 2 aromatic rings. The van der Waals surface area contributed by atoms with Gasteiger partial charge in [-0.25, -0.2) is 0 Å². The smallest absolute Gasteiger partial charge is 0.260 e. The quantitative estimate of drug-likeness (QED) is 0.679. The number of rotatable bonds is 9. The highest BCUT2D eigenvalue weighted by Gasteiger charge is 2.17. The van der Waals surface area contributed by atoms with E-state index in [2.05, 4.69) is 45.4 Å². The normalized spacial score (nSPS) is 16.5.